The number of carbonyl (C=O) groups is 2. The fraction of sp³-hybridized carbons (Fsp3) is 0.462. The van der Waals surface area contributed by atoms with E-state index >= 15 is 0 Å². The van der Waals surface area contributed by atoms with Crippen molar-refractivity contribution in [3.05, 3.63) is 30.1 Å². The van der Waals surface area contributed by atoms with Crippen LogP contribution in [0.4, 0.5) is 0 Å². The van der Waals surface area contributed by atoms with Crippen LogP contribution in [0, 0.1) is 5.92 Å². The van der Waals surface area contributed by atoms with Gasteiger partial charge in [0.05, 0.1) is 12.2 Å². The van der Waals surface area contributed by atoms with Gasteiger partial charge < -0.3 is 0 Å². The lowest BCUT2D eigenvalue weighted by Crippen LogP contribution is -2.30. The van der Waals surface area contributed by atoms with Crippen LogP contribution in [0.1, 0.15) is 31.9 Å². The van der Waals surface area contributed by atoms with Crippen LogP contribution in [0.15, 0.2) is 24.4 Å². The molecule has 2 heterocycles. The molecular formula is C13H16N2O2. The summed E-state index contributed by atoms with van der Waals surface area (Å²) in [5.41, 5.74) is 0.756. The zero-order valence-corrected chi connectivity index (χ0v) is 9.93. The van der Waals surface area contributed by atoms with E-state index in [1.807, 2.05) is 25.1 Å². The second-order valence-corrected chi connectivity index (χ2v) is 4.33. The van der Waals surface area contributed by atoms with Crippen molar-refractivity contribution < 1.29 is 9.59 Å². The minimum atomic E-state index is -0.115. The van der Waals surface area contributed by atoms with E-state index in [2.05, 4.69) is 4.98 Å². The van der Waals surface area contributed by atoms with Crippen LogP contribution >= 0.6 is 0 Å². The van der Waals surface area contributed by atoms with Crippen molar-refractivity contribution in [2.24, 2.45) is 5.92 Å². The van der Waals surface area contributed by atoms with Crippen LogP contribution in [0.25, 0.3) is 0 Å². The number of hydrogen-bond acceptors (Lipinski definition) is 3. The van der Waals surface area contributed by atoms with Gasteiger partial charge in [0.15, 0.2) is 0 Å². The van der Waals surface area contributed by atoms with Crippen LogP contribution in [0.5, 0.6) is 0 Å². The minimum Gasteiger partial charge on any atom is -0.276 e. The average molecular weight is 232 g/mol. The Balaban J connectivity index is 2.07. The summed E-state index contributed by atoms with van der Waals surface area (Å²) >= 11 is 0. The zero-order chi connectivity index (χ0) is 12.3. The number of rotatable bonds is 4. The van der Waals surface area contributed by atoms with Crippen molar-refractivity contribution >= 4 is 11.8 Å². The van der Waals surface area contributed by atoms with Crippen molar-refractivity contribution in [2.75, 3.05) is 0 Å². The number of imide groups is 1. The van der Waals surface area contributed by atoms with E-state index in [1.54, 1.807) is 6.20 Å². The third-order valence-corrected chi connectivity index (χ3v) is 3.02. The summed E-state index contributed by atoms with van der Waals surface area (Å²) in [7, 11) is 0. The smallest absolute Gasteiger partial charge is 0.233 e. The maximum Gasteiger partial charge on any atom is 0.233 e. The van der Waals surface area contributed by atoms with Gasteiger partial charge in [-0.3, -0.25) is 19.5 Å². The van der Waals surface area contributed by atoms with Crippen molar-refractivity contribution in [3.63, 3.8) is 0 Å². The maximum absolute atomic E-state index is 12.0. The number of aromatic nitrogens is 1. The lowest BCUT2D eigenvalue weighted by molar-refractivity contribution is -0.140. The summed E-state index contributed by atoms with van der Waals surface area (Å²) in [6.07, 6.45) is 3.76. The molecule has 1 aromatic heterocycles. The molecule has 17 heavy (non-hydrogen) atoms. The summed E-state index contributed by atoms with van der Waals surface area (Å²) in [6, 6.07) is 5.50. The van der Waals surface area contributed by atoms with Crippen molar-refractivity contribution in [1.29, 1.82) is 0 Å². The highest BCUT2D eigenvalue weighted by Crippen LogP contribution is 2.24. The molecule has 2 rings (SSSR count). The number of nitrogens with zero attached hydrogens (tertiary/aromatic N) is 2. The highest BCUT2D eigenvalue weighted by Gasteiger charge is 2.37. The van der Waals surface area contributed by atoms with Crippen LogP contribution < -0.4 is 0 Å². The van der Waals surface area contributed by atoms with Gasteiger partial charge in [0.25, 0.3) is 0 Å². The van der Waals surface area contributed by atoms with E-state index in [0.717, 1.165) is 18.5 Å². The molecule has 0 bridgehead atoms. The number of amides is 2. The highest BCUT2D eigenvalue weighted by molar-refractivity contribution is 6.03. The molecule has 0 aliphatic carbocycles. The predicted molar refractivity (Wildman–Crippen MR) is 62.8 cm³/mol. The Morgan fingerprint density at radius 3 is 2.88 bits per heavy atom. The molecule has 1 fully saturated rings. The molecule has 0 N–H and O–H groups in total. The summed E-state index contributed by atoms with van der Waals surface area (Å²) < 4.78 is 0. The number of likely N-dealkylation sites (tertiary alicyclic amines) is 1. The first-order chi connectivity index (χ1) is 8.22. The maximum atomic E-state index is 12.0. The summed E-state index contributed by atoms with van der Waals surface area (Å²) in [4.78, 5) is 29.2. The lowest BCUT2D eigenvalue weighted by Gasteiger charge is -2.14. The summed E-state index contributed by atoms with van der Waals surface area (Å²) in [6.45, 7) is 2.33. The van der Waals surface area contributed by atoms with E-state index in [4.69, 9.17) is 0 Å². The van der Waals surface area contributed by atoms with Crippen LogP contribution in [0.3, 0.4) is 0 Å². The molecule has 4 nitrogen and oxygen atoms in total. The molecule has 0 aromatic carbocycles. The van der Waals surface area contributed by atoms with E-state index in [9.17, 15) is 9.59 Å². The second kappa shape index (κ2) is 5.08. The Morgan fingerprint density at radius 2 is 2.24 bits per heavy atom. The average Bonchev–Trinajstić information content (AvgIpc) is 2.59. The molecule has 1 aliphatic rings. The first kappa shape index (κ1) is 11.8. The molecule has 1 aromatic rings. The molecule has 1 aliphatic heterocycles. The Bertz CT molecular complexity index is 417. The largest absolute Gasteiger partial charge is 0.276 e. The van der Waals surface area contributed by atoms with E-state index < -0.39 is 0 Å². The van der Waals surface area contributed by atoms with Crippen molar-refractivity contribution in [2.45, 2.75) is 32.7 Å². The number of pyridine rings is 1. The van der Waals surface area contributed by atoms with Crippen molar-refractivity contribution in [3.8, 4) is 0 Å². The minimum absolute atomic E-state index is 0.0393. The molecule has 90 valence electrons. The monoisotopic (exact) mass is 232 g/mol. The standard InChI is InChI=1S/C13H16N2O2/c1-2-5-10-8-12(16)15(13(10)17)9-11-6-3-4-7-14-11/h3-4,6-7,10H,2,5,8-9H2,1H3. The fourth-order valence-electron chi connectivity index (χ4n) is 2.15. The zero-order valence-electron chi connectivity index (χ0n) is 9.93. The molecule has 2 amide bonds. The SMILES string of the molecule is CCCC1CC(=O)N(Cc2ccccn2)C1=O. The van der Waals surface area contributed by atoms with Gasteiger partial charge in [0.1, 0.15) is 0 Å². The Labute approximate surface area is 101 Å². The molecule has 1 saturated heterocycles. The molecule has 1 atom stereocenters. The first-order valence-corrected chi connectivity index (χ1v) is 5.96. The Morgan fingerprint density at radius 1 is 1.41 bits per heavy atom. The molecule has 0 spiro atoms. The first-order valence-electron chi connectivity index (χ1n) is 5.96. The summed E-state index contributed by atoms with van der Waals surface area (Å²) in [5.74, 6) is -0.224. The van der Waals surface area contributed by atoms with E-state index in [0.29, 0.717) is 13.0 Å². The van der Waals surface area contributed by atoms with Gasteiger partial charge in [-0.15, -0.1) is 0 Å². The topological polar surface area (TPSA) is 50.3 Å². The van der Waals surface area contributed by atoms with Crippen LogP contribution in [-0.4, -0.2) is 21.7 Å². The quantitative estimate of drug-likeness (QED) is 0.743. The third kappa shape index (κ3) is 2.52. The van der Waals surface area contributed by atoms with E-state index in [-0.39, 0.29) is 17.7 Å². The van der Waals surface area contributed by atoms with Gasteiger partial charge in [0.2, 0.25) is 11.8 Å². The molecule has 1 unspecified atom stereocenters. The van der Waals surface area contributed by atoms with E-state index in [1.165, 1.54) is 4.90 Å². The fourth-order valence-corrected chi connectivity index (χ4v) is 2.15. The normalized spacial score (nSPS) is 20.1. The summed E-state index contributed by atoms with van der Waals surface area (Å²) in [5, 5.41) is 0. The van der Waals surface area contributed by atoms with Gasteiger partial charge in [0, 0.05) is 18.5 Å². The number of hydrogen-bond donors (Lipinski definition) is 0. The van der Waals surface area contributed by atoms with Gasteiger partial charge in [-0.25, -0.2) is 0 Å². The molecule has 4 heteroatoms. The van der Waals surface area contributed by atoms with Crippen LogP contribution in [-0.2, 0) is 16.1 Å². The third-order valence-electron chi connectivity index (χ3n) is 3.02. The van der Waals surface area contributed by atoms with Crippen molar-refractivity contribution in [1.82, 2.24) is 9.88 Å². The lowest BCUT2D eigenvalue weighted by atomic mass is 10.0. The van der Waals surface area contributed by atoms with Gasteiger partial charge in [-0.05, 0) is 18.6 Å². The molecular weight excluding hydrogens is 216 g/mol. The molecule has 0 saturated carbocycles. The van der Waals surface area contributed by atoms with Gasteiger partial charge in [-0.1, -0.05) is 19.4 Å². The van der Waals surface area contributed by atoms with Gasteiger partial charge in [-0.2, -0.15) is 0 Å². The molecule has 0 radical (unpaired) electrons. The number of carbonyl (C=O) groups excluding carboxylic acids is 2. The highest BCUT2D eigenvalue weighted by atomic mass is 16.2. The van der Waals surface area contributed by atoms with Crippen LogP contribution in [0.2, 0.25) is 0 Å². The predicted octanol–water partition coefficient (Wildman–Crippen LogP) is 1.76. The second-order valence-electron chi connectivity index (χ2n) is 4.33. The Hall–Kier alpha value is -1.71. The van der Waals surface area contributed by atoms with Gasteiger partial charge >= 0.3 is 0 Å². The Kier molecular flexibility index (Phi) is 3.52.